The zero-order chi connectivity index (χ0) is 15.4. The molecular weight excluding hydrogens is 258 g/mol. The molecule has 1 saturated carbocycles. The van der Waals surface area contributed by atoms with E-state index in [2.05, 4.69) is 42.9 Å². The second-order valence-corrected chi connectivity index (χ2v) is 6.40. The number of hydrogen-bond acceptors (Lipinski definition) is 3. The molecule has 0 aromatic carbocycles. The molecule has 1 N–H and O–H groups in total. The molecule has 21 heavy (non-hydrogen) atoms. The number of allylic oxidation sites excluding steroid dienone is 1. The highest BCUT2D eigenvalue weighted by molar-refractivity contribution is 5.15. The summed E-state index contributed by atoms with van der Waals surface area (Å²) < 4.78 is 0. The van der Waals surface area contributed by atoms with Crippen LogP contribution in [0.5, 0.6) is 0 Å². The van der Waals surface area contributed by atoms with Gasteiger partial charge in [-0.3, -0.25) is 4.98 Å². The highest BCUT2D eigenvalue weighted by Gasteiger charge is 2.35. The average molecular weight is 283 g/mol. The molecule has 1 fully saturated rings. The van der Waals surface area contributed by atoms with Gasteiger partial charge in [-0.25, -0.2) is 0 Å². The van der Waals surface area contributed by atoms with Crippen molar-refractivity contribution in [3.05, 3.63) is 41.7 Å². The summed E-state index contributed by atoms with van der Waals surface area (Å²) >= 11 is 0. The molecule has 112 valence electrons. The van der Waals surface area contributed by atoms with Crippen LogP contribution in [0.4, 0.5) is 0 Å². The molecule has 0 bridgehead atoms. The van der Waals surface area contributed by atoms with Gasteiger partial charge in [-0.2, -0.15) is 5.26 Å². The SMILES string of the molecule is C=C(C)[C@@H]1CC(C#N)C(C)C(NCc2ccnc(C)c2)C1. The van der Waals surface area contributed by atoms with E-state index in [9.17, 15) is 5.26 Å². The Balaban J connectivity index is 2.03. The lowest BCUT2D eigenvalue weighted by Gasteiger charge is -2.38. The van der Waals surface area contributed by atoms with Crippen LogP contribution >= 0.6 is 0 Å². The summed E-state index contributed by atoms with van der Waals surface area (Å²) in [5.74, 6) is 0.966. The molecule has 3 heteroatoms. The van der Waals surface area contributed by atoms with E-state index in [0.29, 0.717) is 17.9 Å². The van der Waals surface area contributed by atoms with Gasteiger partial charge in [-0.05, 0) is 56.2 Å². The third kappa shape index (κ3) is 3.92. The molecule has 0 radical (unpaired) electrons. The monoisotopic (exact) mass is 283 g/mol. The lowest BCUT2D eigenvalue weighted by Crippen LogP contribution is -2.43. The van der Waals surface area contributed by atoms with Crippen LogP contribution in [0.25, 0.3) is 0 Å². The Kier molecular flexibility index (Phi) is 5.14. The number of nitrogens with one attached hydrogen (secondary N) is 1. The second kappa shape index (κ2) is 6.87. The zero-order valence-corrected chi connectivity index (χ0v) is 13.3. The van der Waals surface area contributed by atoms with Gasteiger partial charge in [0, 0.05) is 24.5 Å². The zero-order valence-electron chi connectivity index (χ0n) is 13.3. The normalized spacial score (nSPS) is 28.9. The molecule has 3 nitrogen and oxygen atoms in total. The van der Waals surface area contributed by atoms with Crippen LogP contribution in [0.1, 0.15) is 37.9 Å². The molecule has 3 unspecified atom stereocenters. The first-order valence-corrected chi connectivity index (χ1v) is 7.71. The van der Waals surface area contributed by atoms with Gasteiger partial charge in [0.2, 0.25) is 0 Å². The first-order chi connectivity index (χ1) is 10.0. The van der Waals surface area contributed by atoms with Gasteiger partial charge in [0.25, 0.3) is 0 Å². The van der Waals surface area contributed by atoms with E-state index >= 15 is 0 Å². The van der Waals surface area contributed by atoms with Gasteiger partial charge in [0.05, 0.1) is 12.0 Å². The van der Waals surface area contributed by atoms with E-state index in [1.807, 2.05) is 19.2 Å². The van der Waals surface area contributed by atoms with Crippen LogP contribution in [0.15, 0.2) is 30.5 Å². The van der Waals surface area contributed by atoms with E-state index in [1.54, 1.807) is 0 Å². The minimum Gasteiger partial charge on any atom is -0.310 e. The van der Waals surface area contributed by atoms with Crippen LogP contribution in [0.2, 0.25) is 0 Å². The van der Waals surface area contributed by atoms with E-state index in [0.717, 1.165) is 25.1 Å². The average Bonchev–Trinajstić information content (AvgIpc) is 2.46. The molecule has 1 aromatic rings. The number of nitrogens with zero attached hydrogens (tertiary/aromatic N) is 2. The van der Waals surface area contributed by atoms with Crippen LogP contribution in [0, 0.1) is 36.0 Å². The number of pyridine rings is 1. The fourth-order valence-electron chi connectivity index (χ4n) is 3.22. The van der Waals surface area contributed by atoms with Crippen molar-refractivity contribution < 1.29 is 0 Å². The number of aryl methyl sites for hydroxylation is 1. The Hall–Kier alpha value is -1.66. The second-order valence-electron chi connectivity index (χ2n) is 6.40. The topological polar surface area (TPSA) is 48.7 Å². The summed E-state index contributed by atoms with van der Waals surface area (Å²) in [6.45, 7) is 11.2. The molecule has 1 aliphatic carbocycles. The van der Waals surface area contributed by atoms with E-state index in [1.165, 1.54) is 11.1 Å². The quantitative estimate of drug-likeness (QED) is 0.859. The van der Waals surface area contributed by atoms with Crippen molar-refractivity contribution in [3.8, 4) is 6.07 Å². The maximum Gasteiger partial charge on any atom is 0.0659 e. The summed E-state index contributed by atoms with van der Waals surface area (Å²) in [6, 6.07) is 7.02. The molecule has 2 rings (SSSR count). The largest absolute Gasteiger partial charge is 0.310 e. The summed E-state index contributed by atoms with van der Waals surface area (Å²) in [6.07, 6.45) is 3.89. The maximum absolute atomic E-state index is 9.38. The Bertz CT molecular complexity index is 544. The van der Waals surface area contributed by atoms with E-state index in [4.69, 9.17) is 0 Å². The Labute approximate surface area is 128 Å². The molecule has 0 aliphatic heterocycles. The van der Waals surface area contributed by atoms with Gasteiger partial charge in [0.1, 0.15) is 0 Å². The molecule has 0 amide bonds. The van der Waals surface area contributed by atoms with Crippen molar-refractivity contribution in [3.63, 3.8) is 0 Å². The van der Waals surface area contributed by atoms with E-state index < -0.39 is 0 Å². The summed E-state index contributed by atoms with van der Waals surface area (Å²) in [7, 11) is 0. The first-order valence-electron chi connectivity index (χ1n) is 7.71. The fraction of sp³-hybridized carbons (Fsp3) is 0.556. The molecule has 1 aromatic heterocycles. The molecule has 0 saturated heterocycles. The predicted octanol–water partition coefficient (Wildman–Crippen LogP) is 3.61. The Morgan fingerprint density at radius 1 is 1.52 bits per heavy atom. The predicted molar refractivity (Wildman–Crippen MR) is 85.4 cm³/mol. The lowest BCUT2D eigenvalue weighted by atomic mass is 9.70. The molecule has 4 atom stereocenters. The van der Waals surface area contributed by atoms with Gasteiger partial charge in [-0.1, -0.05) is 19.1 Å². The Morgan fingerprint density at radius 3 is 2.90 bits per heavy atom. The fourth-order valence-corrected chi connectivity index (χ4v) is 3.22. The highest BCUT2D eigenvalue weighted by atomic mass is 14.9. The third-order valence-corrected chi connectivity index (χ3v) is 4.74. The highest BCUT2D eigenvalue weighted by Crippen LogP contribution is 2.36. The first kappa shape index (κ1) is 15.7. The van der Waals surface area contributed by atoms with Crippen LogP contribution in [0.3, 0.4) is 0 Å². The van der Waals surface area contributed by atoms with Crippen LogP contribution in [-0.2, 0) is 6.54 Å². The van der Waals surface area contributed by atoms with Gasteiger partial charge >= 0.3 is 0 Å². The molecule has 0 spiro atoms. The van der Waals surface area contributed by atoms with Crippen molar-refractivity contribution in [2.45, 2.75) is 46.2 Å². The number of hydrogen-bond donors (Lipinski definition) is 1. The number of aromatic nitrogens is 1. The van der Waals surface area contributed by atoms with Crippen molar-refractivity contribution >= 4 is 0 Å². The minimum absolute atomic E-state index is 0.122. The van der Waals surface area contributed by atoms with Crippen LogP contribution in [-0.4, -0.2) is 11.0 Å². The summed E-state index contributed by atoms with van der Waals surface area (Å²) in [5.41, 5.74) is 3.50. The van der Waals surface area contributed by atoms with E-state index in [-0.39, 0.29) is 5.92 Å². The molecule has 1 aliphatic rings. The van der Waals surface area contributed by atoms with Crippen molar-refractivity contribution in [2.75, 3.05) is 0 Å². The lowest BCUT2D eigenvalue weighted by molar-refractivity contribution is 0.192. The van der Waals surface area contributed by atoms with Crippen molar-refractivity contribution in [1.29, 1.82) is 5.26 Å². The van der Waals surface area contributed by atoms with Crippen molar-refractivity contribution in [1.82, 2.24) is 10.3 Å². The summed E-state index contributed by atoms with van der Waals surface area (Å²) in [4.78, 5) is 4.23. The number of nitriles is 1. The number of rotatable bonds is 4. The Morgan fingerprint density at radius 2 is 2.29 bits per heavy atom. The molecule has 1 heterocycles. The standard InChI is InChI=1S/C18H25N3/c1-12(2)16-8-17(10-19)14(4)18(9-16)21-11-15-5-6-20-13(3)7-15/h5-7,14,16-18,21H,1,8-9,11H2,2-4H3/t14?,16-,17?,18?/m1/s1. The summed E-state index contributed by atoms with van der Waals surface area (Å²) in [5, 5.41) is 13.0. The third-order valence-electron chi connectivity index (χ3n) is 4.74. The van der Waals surface area contributed by atoms with Crippen molar-refractivity contribution in [2.24, 2.45) is 17.8 Å². The van der Waals surface area contributed by atoms with Gasteiger partial charge < -0.3 is 5.32 Å². The molecular formula is C18H25N3. The van der Waals surface area contributed by atoms with Gasteiger partial charge in [0.15, 0.2) is 0 Å². The van der Waals surface area contributed by atoms with Gasteiger partial charge in [-0.15, -0.1) is 0 Å². The maximum atomic E-state index is 9.38. The smallest absolute Gasteiger partial charge is 0.0659 e. The van der Waals surface area contributed by atoms with Crippen LogP contribution < -0.4 is 5.32 Å². The minimum atomic E-state index is 0.122.